The second kappa shape index (κ2) is 4.96. The summed E-state index contributed by atoms with van der Waals surface area (Å²) in [6.07, 6.45) is 5.68. The van der Waals surface area contributed by atoms with E-state index in [-0.39, 0.29) is 5.91 Å². The second-order valence-corrected chi connectivity index (χ2v) is 5.20. The first-order valence-corrected chi connectivity index (χ1v) is 6.65. The van der Waals surface area contributed by atoms with E-state index in [0.717, 1.165) is 24.1 Å². The third-order valence-corrected chi connectivity index (χ3v) is 3.51. The van der Waals surface area contributed by atoms with E-state index in [0.29, 0.717) is 23.8 Å². The van der Waals surface area contributed by atoms with Crippen LogP contribution in [0.15, 0.2) is 24.5 Å². The number of nitrogens with two attached hydrogens (primary N) is 1. The summed E-state index contributed by atoms with van der Waals surface area (Å²) in [7, 11) is 1.74. The number of nitrogens with one attached hydrogen (secondary N) is 1. The summed E-state index contributed by atoms with van der Waals surface area (Å²) >= 11 is 0. The van der Waals surface area contributed by atoms with Crippen molar-refractivity contribution >= 4 is 11.6 Å². The third-order valence-electron chi connectivity index (χ3n) is 3.51. The van der Waals surface area contributed by atoms with E-state index in [1.807, 2.05) is 12.1 Å². The first-order valence-electron chi connectivity index (χ1n) is 6.65. The van der Waals surface area contributed by atoms with Crippen molar-refractivity contribution < 1.29 is 4.79 Å². The maximum Gasteiger partial charge on any atom is 0.276 e. The Hall–Kier alpha value is -2.37. The first kappa shape index (κ1) is 12.7. The lowest BCUT2D eigenvalue weighted by Gasteiger charge is -2.16. The SMILES string of the molecule is CN(Cc1cccnc1)C(=O)c1n[nH]c(C2CC2)c1N. The largest absolute Gasteiger partial charge is 0.395 e. The average molecular weight is 271 g/mol. The molecule has 6 heteroatoms. The number of amides is 1. The molecular formula is C14H17N5O. The molecule has 3 N–H and O–H groups in total. The standard InChI is InChI=1S/C14H17N5O/c1-19(8-9-3-2-6-16-7-9)14(20)13-11(15)12(17-18-13)10-4-5-10/h2-3,6-7,10H,4-5,8,15H2,1H3,(H,17,18). The minimum atomic E-state index is -0.172. The van der Waals surface area contributed by atoms with Gasteiger partial charge in [-0.2, -0.15) is 5.10 Å². The summed E-state index contributed by atoms with van der Waals surface area (Å²) in [5.41, 5.74) is 8.71. The normalized spacial score (nSPS) is 14.2. The van der Waals surface area contributed by atoms with E-state index in [1.54, 1.807) is 24.3 Å². The average Bonchev–Trinajstić information content (AvgIpc) is 3.22. The van der Waals surface area contributed by atoms with Gasteiger partial charge in [-0.3, -0.25) is 14.9 Å². The minimum absolute atomic E-state index is 0.172. The zero-order valence-corrected chi connectivity index (χ0v) is 11.3. The van der Waals surface area contributed by atoms with E-state index in [4.69, 9.17) is 5.73 Å². The summed E-state index contributed by atoms with van der Waals surface area (Å²) in [6.45, 7) is 0.484. The molecule has 0 aromatic carbocycles. The summed E-state index contributed by atoms with van der Waals surface area (Å²) in [5, 5.41) is 6.98. The highest BCUT2D eigenvalue weighted by molar-refractivity contribution is 5.97. The molecule has 3 rings (SSSR count). The second-order valence-electron chi connectivity index (χ2n) is 5.20. The number of nitrogens with zero attached hydrogens (tertiary/aromatic N) is 3. The lowest BCUT2D eigenvalue weighted by molar-refractivity contribution is 0.0780. The molecule has 0 radical (unpaired) electrons. The molecule has 0 spiro atoms. The Bertz CT molecular complexity index is 618. The number of carbonyl (C=O) groups excluding carboxylic acids is 1. The van der Waals surface area contributed by atoms with E-state index in [9.17, 15) is 4.79 Å². The zero-order valence-electron chi connectivity index (χ0n) is 11.3. The van der Waals surface area contributed by atoms with Crippen LogP contribution in [0.5, 0.6) is 0 Å². The Morgan fingerprint density at radius 3 is 3.00 bits per heavy atom. The molecule has 20 heavy (non-hydrogen) atoms. The Morgan fingerprint density at radius 2 is 2.35 bits per heavy atom. The van der Waals surface area contributed by atoms with Crippen LogP contribution in [-0.2, 0) is 6.54 Å². The molecule has 104 valence electrons. The summed E-state index contributed by atoms with van der Waals surface area (Å²) < 4.78 is 0. The molecule has 1 amide bonds. The highest BCUT2D eigenvalue weighted by Gasteiger charge is 2.31. The van der Waals surface area contributed by atoms with Crippen LogP contribution in [0.25, 0.3) is 0 Å². The van der Waals surface area contributed by atoms with Crippen molar-refractivity contribution in [1.29, 1.82) is 0 Å². The van der Waals surface area contributed by atoms with Gasteiger partial charge in [0.25, 0.3) is 5.91 Å². The van der Waals surface area contributed by atoms with Crippen LogP contribution < -0.4 is 5.73 Å². The predicted octanol–water partition coefficient (Wildman–Crippen LogP) is 1.54. The van der Waals surface area contributed by atoms with E-state index in [2.05, 4.69) is 15.2 Å². The molecule has 1 aliphatic carbocycles. The van der Waals surface area contributed by atoms with Crippen LogP contribution in [0, 0.1) is 0 Å². The molecule has 0 bridgehead atoms. The molecule has 2 aromatic rings. The smallest absolute Gasteiger partial charge is 0.276 e. The molecule has 0 saturated heterocycles. The topological polar surface area (TPSA) is 87.9 Å². The van der Waals surface area contributed by atoms with Gasteiger partial charge in [-0.25, -0.2) is 0 Å². The van der Waals surface area contributed by atoms with Crippen molar-refractivity contribution in [3.63, 3.8) is 0 Å². The number of aromatic nitrogens is 3. The van der Waals surface area contributed by atoms with Gasteiger partial charge in [0.2, 0.25) is 0 Å². The lowest BCUT2D eigenvalue weighted by atomic mass is 10.2. The van der Waals surface area contributed by atoms with Gasteiger partial charge >= 0.3 is 0 Å². The van der Waals surface area contributed by atoms with E-state index < -0.39 is 0 Å². The highest BCUT2D eigenvalue weighted by atomic mass is 16.2. The van der Waals surface area contributed by atoms with Crippen LogP contribution in [0.2, 0.25) is 0 Å². The van der Waals surface area contributed by atoms with E-state index >= 15 is 0 Å². The number of hydrogen-bond acceptors (Lipinski definition) is 4. The van der Waals surface area contributed by atoms with Gasteiger partial charge < -0.3 is 10.6 Å². The Morgan fingerprint density at radius 1 is 1.55 bits per heavy atom. The maximum atomic E-state index is 12.4. The number of aromatic amines is 1. The fourth-order valence-corrected chi connectivity index (χ4v) is 2.23. The number of anilines is 1. The Balaban J connectivity index is 1.75. The van der Waals surface area contributed by atoms with Crippen molar-refractivity contribution in [3.8, 4) is 0 Å². The molecule has 1 saturated carbocycles. The molecule has 2 heterocycles. The van der Waals surface area contributed by atoms with Gasteiger partial charge in [0.15, 0.2) is 5.69 Å². The quantitative estimate of drug-likeness (QED) is 0.882. The third kappa shape index (κ3) is 2.36. The first-order chi connectivity index (χ1) is 9.66. The van der Waals surface area contributed by atoms with Gasteiger partial charge in [-0.1, -0.05) is 6.07 Å². The number of nitrogen functional groups attached to an aromatic ring is 1. The van der Waals surface area contributed by atoms with Crippen LogP contribution in [0.1, 0.15) is 40.5 Å². The van der Waals surface area contributed by atoms with Crippen molar-refractivity contribution in [2.45, 2.75) is 25.3 Å². The molecular weight excluding hydrogens is 254 g/mol. The zero-order chi connectivity index (χ0) is 14.1. The molecule has 0 unspecified atom stereocenters. The summed E-state index contributed by atoms with van der Waals surface area (Å²) in [5.74, 6) is 0.280. The highest BCUT2D eigenvalue weighted by Crippen LogP contribution is 2.42. The maximum absolute atomic E-state index is 12.4. The fraction of sp³-hybridized carbons (Fsp3) is 0.357. The van der Waals surface area contributed by atoms with Gasteiger partial charge in [0.05, 0.1) is 11.4 Å². The van der Waals surface area contributed by atoms with Crippen molar-refractivity contribution in [2.75, 3.05) is 12.8 Å². The van der Waals surface area contributed by atoms with E-state index in [1.165, 1.54) is 0 Å². The van der Waals surface area contributed by atoms with Crippen LogP contribution >= 0.6 is 0 Å². The molecule has 0 aliphatic heterocycles. The molecule has 1 fully saturated rings. The van der Waals surface area contributed by atoms with Gasteiger partial charge in [0, 0.05) is 31.9 Å². The molecule has 0 atom stereocenters. The van der Waals surface area contributed by atoms with Gasteiger partial charge in [-0.15, -0.1) is 0 Å². The molecule has 6 nitrogen and oxygen atoms in total. The summed E-state index contributed by atoms with van der Waals surface area (Å²) in [6, 6.07) is 3.78. The van der Waals surface area contributed by atoms with Gasteiger partial charge in [-0.05, 0) is 24.5 Å². The Labute approximate surface area is 117 Å². The number of carbonyl (C=O) groups is 1. The number of rotatable bonds is 4. The fourth-order valence-electron chi connectivity index (χ4n) is 2.23. The monoisotopic (exact) mass is 271 g/mol. The molecule has 1 aliphatic rings. The van der Waals surface area contributed by atoms with Gasteiger partial charge in [0.1, 0.15) is 0 Å². The lowest BCUT2D eigenvalue weighted by Crippen LogP contribution is -2.27. The van der Waals surface area contributed by atoms with Crippen LogP contribution in [0.4, 0.5) is 5.69 Å². The summed E-state index contributed by atoms with van der Waals surface area (Å²) in [4.78, 5) is 18.0. The van der Waals surface area contributed by atoms with Crippen molar-refractivity contribution in [2.24, 2.45) is 0 Å². The number of H-pyrrole nitrogens is 1. The van der Waals surface area contributed by atoms with Crippen molar-refractivity contribution in [1.82, 2.24) is 20.1 Å². The van der Waals surface area contributed by atoms with Crippen LogP contribution in [0.3, 0.4) is 0 Å². The Kier molecular flexibility index (Phi) is 3.14. The molecule has 2 aromatic heterocycles. The number of pyridine rings is 1. The van der Waals surface area contributed by atoms with Crippen LogP contribution in [-0.4, -0.2) is 33.0 Å². The predicted molar refractivity (Wildman–Crippen MR) is 75.0 cm³/mol. The van der Waals surface area contributed by atoms with Crippen molar-refractivity contribution in [3.05, 3.63) is 41.5 Å². The minimum Gasteiger partial charge on any atom is -0.395 e. The number of hydrogen-bond donors (Lipinski definition) is 2.